The number of carbonyl (C=O) groups excluding carboxylic acids is 4. The van der Waals surface area contributed by atoms with Gasteiger partial charge in [-0.05, 0) is 20.8 Å². The van der Waals surface area contributed by atoms with Gasteiger partial charge in [0, 0.05) is 19.9 Å². The summed E-state index contributed by atoms with van der Waals surface area (Å²) in [6.07, 6.45) is -6.09. The maximum Gasteiger partial charge on any atom is 0.361 e. The Morgan fingerprint density at radius 3 is 2.38 bits per heavy atom. The lowest BCUT2D eigenvalue weighted by atomic mass is 10.1. The summed E-state index contributed by atoms with van der Waals surface area (Å²) >= 11 is 0. The van der Waals surface area contributed by atoms with Crippen LogP contribution in [0.4, 0.5) is 0 Å². The summed E-state index contributed by atoms with van der Waals surface area (Å²) < 4.78 is 34.1. The van der Waals surface area contributed by atoms with Gasteiger partial charge in [-0.15, -0.1) is 5.10 Å². The molecule has 4 N–H and O–H groups in total. The van der Waals surface area contributed by atoms with Crippen LogP contribution in [0.25, 0.3) is 11.0 Å². The fraction of sp³-hybridized carbons (Fsp3) is 0.600. The average molecular weight is 685 g/mol. The van der Waals surface area contributed by atoms with Crippen molar-refractivity contribution in [2.75, 3.05) is 19.8 Å². The maximum absolute atomic E-state index is 13.8. The molecular weight excluding hydrogens is 651 g/mol. The van der Waals surface area contributed by atoms with Gasteiger partial charge in [-0.25, -0.2) is 14.3 Å². The number of esters is 3. The molecule has 2 aromatic heterocycles. The van der Waals surface area contributed by atoms with E-state index in [4.69, 9.17) is 39.2 Å². The van der Waals surface area contributed by atoms with Crippen molar-refractivity contribution in [3.63, 3.8) is 0 Å². The van der Waals surface area contributed by atoms with Crippen LogP contribution < -0.4 is 16.4 Å². The van der Waals surface area contributed by atoms with Gasteiger partial charge in [0.25, 0.3) is 5.56 Å². The number of rotatable bonds is 16. The van der Waals surface area contributed by atoms with Crippen molar-refractivity contribution < 1.29 is 57.3 Å². The molecule has 1 aliphatic rings. The summed E-state index contributed by atoms with van der Waals surface area (Å²) in [4.78, 5) is 74.5. The number of nitrogens with two attached hydrogens (primary N) is 1. The van der Waals surface area contributed by atoms with Gasteiger partial charge in [0.2, 0.25) is 11.8 Å². The Kier molecular flexibility index (Phi) is 12.8. The number of aliphatic carboxylic acids is 1. The van der Waals surface area contributed by atoms with Crippen LogP contribution in [0.15, 0.2) is 4.79 Å². The number of hydrogen-bond donors (Lipinski definition) is 3. The van der Waals surface area contributed by atoms with Crippen molar-refractivity contribution in [3.05, 3.63) is 16.0 Å². The van der Waals surface area contributed by atoms with E-state index in [2.05, 4.69) is 20.5 Å². The predicted molar refractivity (Wildman–Crippen MR) is 154 cm³/mol. The quantitative estimate of drug-likeness (QED) is 0.105. The van der Waals surface area contributed by atoms with Crippen LogP contribution >= 0.6 is 8.30 Å². The van der Waals surface area contributed by atoms with Gasteiger partial charge in [0.15, 0.2) is 35.2 Å². The van der Waals surface area contributed by atoms with E-state index < -0.39 is 105 Å². The van der Waals surface area contributed by atoms with Crippen LogP contribution in [0.3, 0.4) is 0 Å². The molecule has 1 aliphatic heterocycles. The van der Waals surface area contributed by atoms with Gasteiger partial charge >= 0.3 is 23.9 Å². The average Bonchev–Trinajstić information content (AvgIpc) is 3.49. The molecule has 1 fully saturated rings. The minimum Gasteiger partial charge on any atom is -0.479 e. The molecule has 3 heterocycles. The zero-order chi connectivity index (χ0) is 35.0. The molecule has 47 heavy (non-hydrogen) atoms. The molecule has 21 nitrogen and oxygen atoms in total. The molecule has 6 unspecified atom stereocenters. The second-order valence-corrected chi connectivity index (χ2v) is 11.6. The van der Waals surface area contributed by atoms with Crippen LogP contribution in [0, 0.1) is 11.3 Å². The predicted octanol–water partition coefficient (Wildman–Crippen LogP) is -1.31. The molecule has 3 rings (SSSR count). The summed E-state index contributed by atoms with van der Waals surface area (Å²) in [5, 5.41) is 33.4. The second kappa shape index (κ2) is 16.3. The number of nitrogens with zero attached hydrogens (tertiary/aromatic N) is 6. The molecule has 0 spiro atoms. The number of amides is 1. The van der Waals surface area contributed by atoms with Crippen molar-refractivity contribution in [1.29, 1.82) is 5.26 Å². The Morgan fingerprint density at radius 2 is 1.83 bits per heavy atom. The highest BCUT2D eigenvalue weighted by molar-refractivity contribution is 7.52. The van der Waals surface area contributed by atoms with Crippen LogP contribution in [0.1, 0.15) is 51.3 Å². The highest BCUT2D eigenvalue weighted by Gasteiger charge is 2.52. The minimum atomic E-state index is -2.09. The van der Waals surface area contributed by atoms with Crippen molar-refractivity contribution in [1.82, 2.24) is 29.9 Å². The molecule has 0 aliphatic carbocycles. The topological polar surface area (TPSA) is 288 Å². The zero-order valence-corrected chi connectivity index (χ0v) is 26.7. The van der Waals surface area contributed by atoms with Gasteiger partial charge in [-0.3, -0.25) is 24.3 Å². The maximum atomic E-state index is 13.8. The number of carboxylic acid groups (broad SMARTS) is 1. The van der Waals surface area contributed by atoms with E-state index in [1.807, 2.05) is 0 Å². The molecule has 0 saturated carbocycles. The molecule has 2 aromatic rings. The highest BCUT2D eigenvalue weighted by Crippen LogP contribution is 2.41. The number of nitriles is 1. The smallest absolute Gasteiger partial charge is 0.361 e. The van der Waals surface area contributed by atoms with Gasteiger partial charge < -0.3 is 39.0 Å². The number of carbonyl (C=O) groups is 5. The first kappa shape index (κ1) is 36.9. The Morgan fingerprint density at radius 1 is 1.17 bits per heavy atom. The molecule has 256 valence electrons. The van der Waals surface area contributed by atoms with Gasteiger partial charge in [0.1, 0.15) is 27.6 Å². The first-order chi connectivity index (χ1) is 22.2. The molecule has 6 atom stereocenters. The summed E-state index contributed by atoms with van der Waals surface area (Å²) in [5.74, 6) is -6.74. The Hall–Kier alpha value is -4.61. The Labute approximate surface area is 267 Å². The van der Waals surface area contributed by atoms with Gasteiger partial charge in [0.05, 0.1) is 19.3 Å². The zero-order valence-electron chi connectivity index (χ0n) is 25.8. The van der Waals surface area contributed by atoms with E-state index in [0.29, 0.717) is 4.68 Å². The molecule has 0 bridgehead atoms. The number of fused-ring (bicyclic) bond motifs is 1. The summed E-state index contributed by atoms with van der Waals surface area (Å²) in [6.45, 7) is 5.30. The van der Waals surface area contributed by atoms with Gasteiger partial charge in [-0.1, -0.05) is 5.21 Å². The van der Waals surface area contributed by atoms with Crippen LogP contribution in [-0.2, 0) is 53.9 Å². The first-order valence-corrected chi connectivity index (χ1v) is 15.2. The molecule has 22 heteroatoms. The first-order valence-electron chi connectivity index (χ1n) is 13.9. The van der Waals surface area contributed by atoms with Crippen LogP contribution in [-0.4, -0.2) is 110 Å². The third kappa shape index (κ3) is 9.02. The summed E-state index contributed by atoms with van der Waals surface area (Å²) in [5.41, 5.74) is 3.08. The van der Waals surface area contributed by atoms with E-state index >= 15 is 0 Å². The molecule has 1 saturated heterocycles. The number of hydrogen-bond acceptors (Lipinski definition) is 17. The summed E-state index contributed by atoms with van der Waals surface area (Å²) in [7, 11) is -2.09. The van der Waals surface area contributed by atoms with E-state index in [1.54, 1.807) is 19.9 Å². The number of aromatic nitrogens is 5. The van der Waals surface area contributed by atoms with Gasteiger partial charge in [-0.2, -0.15) is 15.0 Å². The largest absolute Gasteiger partial charge is 0.479 e. The van der Waals surface area contributed by atoms with Crippen molar-refractivity contribution in [2.45, 2.75) is 77.6 Å². The minimum absolute atomic E-state index is 0.0445. The molecule has 0 radical (unpaired) electrons. The third-order valence-electron chi connectivity index (χ3n) is 5.98. The monoisotopic (exact) mass is 684 g/mol. The fourth-order valence-electron chi connectivity index (χ4n) is 4.41. The van der Waals surface area contributed by atoms with Crippen molar-refractivity contribution in [3.8, 4) is 6.07 Å². The standard InChI is InChI=1S/C25H33N8O13P/c1-6-41-24(40)17-16-18(32(29-17)9-15(27)36)21(37)33(31-28-16)22-20(45-13(5)35)19(44-12(4)34)14(46-22)10-42-25(23(38)39)47(30-11(2)3)43-8-7-26/h11,14,19-20,22,25,30H,6,8-10H2,1-5H3,(H2,27,36)(H,38,39). The van der Waals surface area contributed by atoms with Crippen molar-refractivity contribution >= 4 is 49.1 Å². The number of primary amides is 1. The van der Waals surface area contributed by atoms with Crippen LogP contribution in [0.5, 0.6) is 0 Å². The molecule has 1 amide bonds. The summed E-state index contributed by atoms with van der Waals surface area (Å²) in [6, 6.07) is 1.49. The normalized spacial score (nSPS) is 20.4. The number of nitrogens with one attached hydrogen (secondary N) is 1. The highest BCUT2D eigenvalue weighted by atomic mass is 31.2. The van der Waals surface area contributed by atoms with E-state index in [1.165, 1.54) is 6.92 Å². The van der Waals surface area contributed by atoms with Crippen molar-refractivity contribution in [2.24, 2.45) is 5.73 Å². The second-order valence-electron chi connectivity index (χ2n) is 10.0. The number of ether oxygens (including phenoxy) is 5. The number of carboxylic acids is 1. The fourth-order valence-corrected chi connectivity index (χ4v) is 5.88. The lowest BCUT2D eigenvalue weighted by Crippen LogP contribution is -2.43. The van der Waals surface area contributed by atoms with Crippen LogP contribution in [0.2, 0.25) is 0 Å². The lowest BCUT2D eigenvalue weighted by Gasteiger charge is -2.27. The molecule has 0 aromatic carbocycles. The van der Waals surface area contributed by atoms with E-state index in [-0.39, 0.29) is 18.2 Å². The SMILES string of the molecule is CCOC(=O)c1nn(CC(N)=O)c2c(=O)n(C3OC(COC(C(=O)O)P(NC(C)C)OCC#N)C(OC(C)=O)C3OC(C)=O)nnc12. The molecular formula is C25H33N8O13P. The lowest BCUT2D eigenvalue weighted by molar-refractivity contribution is -0.166. The Bertz CT molecular complexity index is 1610. The Balaban J connectivity index is 2.09. The third-order valence-corrected chi connectivity index (χ3v) is 7.95. The van der Waals surface area contributed by atoms with E-state index in [0.717, 1.165) is 18.5 Å². The van der Waals surface area contributed by atoms with E-state index in [9.17, 15) is 33.9 Å².